The van der Waals surface area contributed by atoms with Gasteiger partial charge in [-0.1, -0.05) is 51.7 Å². The van der Waals surface area contributed by atoms with Gasteiger partial charge in [-0.3, -0.25) is 0 Å². The number of carbonyl (C=O) groups is 1. The Morgan fingerprint density at radius 1 is 1.07 bits per heavy atom. The Bertz CT molecular complexity index is 1700. The summed E-state index contributed by atoms with van der Waals surface area (Å²) in [5, 5.41) is 18.0. The molecule has 1 aliphatic heterocycles. The number of carboxylic acids is 1. The van der Waals surface area contributed by atoms with Gasteiger partial charge < -0.3 is 19.2 Å². The zero-order chi connectivity index (χ0) is 29.6. The molecule has 3 heterocycles. The molecule has 2 aromatic carbocycles. The average molecular weight is 618 g/mol. The molecular weight excluding hydrogens is 598 g/mol. The highest BCUT2D eigenvalue weighted by molar-refractivity contribution is 6.39. The van der Waals surface area contributed by atoms with Gasteiger partial charge in [0.1, 0.15) is 18.1 Å². The minimum absolute atomic E-state index is 0.0125. The van der Waals surface area contributed by atoms with Gasteiger partial charge in [-0.2, -0.15) is 13.2 Å². The maximum absolute atomic E-state index is 14.2. The number of aromatic carboxylic acids is 1. The molecule has 0 amide bonds. The Labute approximate surface area is 246 Å². The molecule has 1 atom stereocenters. The van der Waals surface area contributed by atoms with E-state index in [-0.39, 0.29) is 36.0 Å². The molecule has 42 heavy (non-hydrogen) atoms. The Morgan fingerprint density at radius 2 is 1.81 bits per heavy atom. The predicted molar refractivity (Wildman–Crippen MR) is 146 cm³/mol. The smallest absolute Gasteiger partial charge is 0.433 e. The molecule has 1 unspecified atom stereocenters. The molecule has 4 aromatic rings. The lowest BCUT2D eigenvalue weighted by molar-refractivity contribution is -0.143. The summed E-state index contributed by atoms with van der Waals surface area (Å²) in [4.78, 5) is 20.5. The van der Waals surface area contributed by atoms with Crippen LogP contribution in [0.4, 0.5) is 13.2 Å². The summed E-state index contributed by atoms with van der Waals surface area (Å²) in [7, 11) is 0. The maximum Gasteiger partial charge on any atom is 0.433 e. The summed E-state index contributed by atoms with van der Waals surface area (Å²) in [5.41, 5.74) is 0.714. The molecule has 1 saturated carbocycles. The zero-order valence-electron chi connectivity index (χ0n) is 21.5. The summed E-state index contributed by atoms with van der Waals surface area (Å²) in [6.45, 7) is -0.178. The summed E-state index contributed by atoms with van der Waals surface area (Å²) in [6.07, 6.45) is -4.15. The van der Waals surface area contributed by atoms with Gasteiger partial charge in [0.15, 0.2) is 11.8 Å². The van der Waals surface area contributed by atoms with Crippen LogP contribution in [-0.2, 0) is 17.6 Å². The Morgan fingerprint density at radius 3 is 2.50 bits per heavy atom. The van der Waals surface area contributed by atoms with E-state index in [2.05, 4.69) is 15.3 Å². The molecular formula is C29H20Cl2F3N3O5. The third kappa shape index (κ3) is 5.54. The van der Waals surface area contributed by atoms with E-state index in [9.17, 15) is 23.1 Å². The van der Waals surface area contributed by atoms with Crippen molar-refractivity contribution in [1.29, 1.82) is 0 Å². The summed E-state index contributed by atoms with van der Waals surface area (Å²) in [6, 6.07) is 13.5. The van der Waals surface area contributed by atoms with Gasteiger partial charge in [0.2, 0.25) is 5.88 Å². The van der Waals surface area contributed by atoms with Crippen LogP contribution in [0.2, 0.25) is 10.0 Å². The summed E-state index contributed by atoms with van der Waals surface area (Å²) >= 11 is 12.8. The lowest BCUT2D eigenvalue weighted by Crippen LogP contribution is -2.16. The quantitative estimate of drug-likeness (QED) is 0.213. The first-order valence-electron chi connectivity index (χ1n) is 12.8. The van der Waals surface area contributed by atoms with Crippen LogP contribution in [0, 0.1) is 0 Å². The molecule has 216 valence electrons. The number of oxime groups is 1. The highest BCUT2D eigenvalue weighted by Gasteiger charge is 2.40. The molecule has 13 heteroatoms. The van der Waals surface area contributed by atoms with E-state index in [1.165, 1.54) is 30.3 Å². The van der Waals surface area contributed by atoms with Crippen LogP contribution >= 0.6 is 23.2 Å². The third-order valence-electron chi connectivity index (χ3n) is 6.96. The van der Waals surface area contributed by atoms with E-state index < -0.39 is 23.9 Å². The molecule has 1 aliphatic carbocycles. The van der Waals surface area contributed by atoms with Crippen molar-refractivity contribution >= 4 is 34.9 Å². The van der Waals surface area contributed by atoms with Crippen LogP contribution in [-0.4, -0.2) is 26.9 Å². The molecule has 2 aliphatic rings. The van der Waals surface area contributed by atoms with E-state index in [1.54, 1.807) is 24.3 Å². The second kappa shape index (κ2) is 11.0. The number of benzene rings is 2. The average Bonchev–Trinajstić information content (AvgIpc) is 3.53. The second-order valence-corrected chi connectivity index (χ2v) is 10.7. The van der Waals surface area contributed by atoms with Gasteiger partial charge in [-0.05, 0) is 43.2 Å². The predicted octanol–water partition coefficient (Wildman–Crippen LogP) is 8.08. The first kappa shape index (κ1) is 28.0. The lowest BCUT2D eigenvalue weighted by atomic mass is 9.98. The molecule has 1 fully saturated rings. The van der Waals surface area contributed by atoms with Crippen LogP contribution in [0.3, 0.4) is 0 Å². The molecule has 1 N–H and O–H groups in total. The van der Waals surface area contributed by atoms with Gasteiger partial charge in [0, 0.05) is 35.1 Å². The topological polar surface area (TPSA) is 107 Å². The van der Waals surface area contributed by atoms with Crippen molar-refractivity contribution in [1.82, 2.24) is 10.1 Å². The summed E-state index contributed by atoms with van der Waals surface area (Å²) < 4.78 is 53.9. The van der Waals surface area contributed by atoms with Crippen molar-refractivity contribution in [2.75, 3.05) is 0 Å². The van der Waals surface area contributed by atoms with Crippen molar-refractivity contribution in [3.05, 3.63) is 98.4 Å². The van der Waals surface area contributed by atoms with Gasteiger partial charge in [-0.25, -0.2) is 9.78 Å². The van der Waals surface area contributed by atoms with Crippen LogP contribution in [0.5, 0.6) is 5.88 Å². The highest BCUT2D eigenvalue weighted by Crippen LogP contribution is 2.46. The number of ether oxygens (including phenoxy) is 1. The van der Waals surface area contributed by atoms with Gasteiger partial charge >= 0.3 is 12.1 Å². The highest BCUT2D eigenvalue weighted by atomic mass is 35.5. The Kier molecular flexibility index (Phi) is 7.32. The molecule has 0 bridgehead atoms. The van der Waals surface area contributed by atoms with Crippen LogP contribution in [0.25, 0.3) is 11.3 Å². The van der Waals surface area contributed by atoms with E-state index in [4.69, 9.17) is 37.3 Å². The zero-order valence-corrected chi connectivity index (χ0v) is 23.0. The van der Waals surface area contributed by atoms with Gasteiger partial charge in [0.05, 0.1) is 26.9 Å². The number of rotatable bonds is 8. The first-order valence-corrected chi connectivity index (χ1v) is 13.6. The number of nitrogens with zero attached hydrogens (tertiary/aromatic N) is 3. The second-order valence-electron chi connectivity index (χ2n) is 9.84. The fraction of sp³-hybridized carbons (Fsp3) is 0.241. The third-order valence-corrected chi connectivity index (χ3v) is 7.59. The van der Waals surface area contributed by atoms with Crippen LogP contribution in [0.15, 0.2) is 64.3 Å². The van der Waals surface area contributed by atoms with Crippen molar-refractivity contribution in [3.63, 3.8) is 0 Å². The van der Waals surface area contributed by atoms with Crippen LogP contribution < -0.4 is 4.74 Å². The standard InChI is InChI=1S/C29H20Cl2F3N3O5/c30-19-5-2-6-20(31)24(19)25-18(26(42-37-25)14-7-8-14)13-40-23-10-9-17(27(35-23)29(32,33)34)22-12-21(36-41-22)15-3-1-4-16(11-15)28(38)39/h1-6,9-11,14,22H,7-8,12-13H2,(H,38,39). The monoisotopic (exact) mass is 617 g/mol. The Balaban J connectivity index is 1.26. The van der Waals surface area contributed by atoms with E-state index in [1.807, 2.05) is 0 Å². The Hall–Kier alpha value is -4.09. The number of aromatic nitrogens is 2. The fourth-order valence-corrected chi connectivity index (χ4v) is 5.34. The minimum Gasteiger partial charge on any atom is -0.478 e. The van der Waals surface area contributed by atoms with E-state index in [0.717, 1.165) is 12.8 Å². The van der Waals surface area contributed by atoms with Crippen molar-refractivity contribution < 1.29 is 37.2 Å². The molecule has 6 rings (SSSR count). The summed E-state index contributed by atoms with van der Waals surface area (Å²) in [5.74, 6) is -0.704. The maximum atomic E-state index is 14.2. The van der Waals surface area contributed by atoms with Gasteiger partial charge in [0.25, 0.3) is 0 Å². The van der Waals surface area contributed by atoms with Gasteiger partial charge in [-0.15, -0.1) is 0 Å². The van der Waals surface area contributed by atoms with E-state index >= 15 is 0 Å². The number of alkyl halides is 3. The van der Waals surface area contributed by atoms with Crippen LogP contribution in [0.1, 0.15) is 69.8 Å². The number of pyridine rings is 1. The van der Waals surface area contributed by atoms with Crippen molar-refractivity contribution in [2.24, 2.45) is 5.16 Å². The largest absolute Gasteiger partial charge is 0.478 e. The minimum atomic E-state index is -4.82. The van der Waals surface area contributed by atoms with Crippen molar-refractivity contribution in [3.8, 4) is 17.1 Å². The number of hydrogen-bond acceptors (Lipinski definition) is 7. The fourth-order valence-electron chi connectivity index (χ4n) is 4.76. The number of halogens is 5. The first-order chi connectivity index (χ1) is 20.1. The SMILES string of the molecule is O=C(O)c1cccc(C2=NOC(c3ccc(OCc4c(-c5c(Cl)cccc5Cl)noc4C4CC4)nc3C(F)(F)F)C2)c1. The number of hydrogen-bond donors (Lipinski definition) is 1. The molecule has 0 radical (unpaired) electrons. The number of carboxylic acid groups (broad SMARTS) is 1. The molecule has 2 aromatic heterocycles. The van der Waals surface area contributed by atoms with Crippen molar-refractivity contribution in [2.45, 2.75) is 44.1 Å². The molecule has 0 spiro atoms. The molecule has 8 nitrogen and oxygen atoms in total. The normalized spacial score (nSPS) is 16.7. The molecule has 0 saturated heterocycles. The van der Waals surface area contributed by atoms with E-state index in [0.29, 0.717) is 43.9 Å². The lowest BCUT2D eigenvalue weighted by Gasteiger charge is -2.17.